The summed E-state index contributed by atoms with van der Waals surface area (Å²) in [5.41, 5.74) is 3.46. The third-order valence-corrected chi connectivity index (χ3v) is 3.99. The van der Waals surface area contributed by atoms with Crippen LogP contribution in [0.5, 0.6) is 0 Å². The lowest BCUT2D eigenvalue weighted by Crippen LogP contribution is -2.14. The van der Waals surface area contributed by atoms with Crippen molar-refractivity contribution in [3.05, 3.63) is 42.0 Å². The van der Waals surface area contributed by atoms with E-state index < -0.39 is 0 Å². The number of carbonyl (C=O) groups is 1. The van der Waals surface area contributed by atoms with E-state index in [2.05, 4.69) is 24.0 Å². The van der Waals surface area contributed by atoms with Crippen LogP contribution in [-0.2, 0) is 0 Å². The summed E-state index contributed by atoms with van der Waals surface area (Å²) in [5.74, 6) is 0.241. The smallest absolute Gasteiger partial charge is 0.274 e. The zero-order chi connectivity index (χ0) is 14.2. The summed E-state index contributed by atoms with van der Waals surface area (Å²) in [5, 5.41) is 2.85. The second-order valence-corrected chi connectivity index (χ2v) is 5.52. The van der Waals surface area contributed by atoms with Gasteiger partial charge in [0.15, 0.2) is 0 Å². The number of amides is 1. The van der Waals surface area contributed by atoms with Gasteiger partial charge in [-0.05, 0) is 31.0 Å². The number of carbonyl (C=O) groups excluding carboxylic acids is 1. The molecule has 1 fully saturated rings. The van der Waals surface area contributed by atoms with Crippen LogP contribution >= 0.6 is 11.7 Å². The van der Waals surface area contributed by atoms with Crippen LogP contribution in [0.4, 0.5) is 5.69 Å². The number of rotatable bonds is 3. The van der Waals surface area contributed by atoms with Crippen LogP contribution in [0.15, 0.2) is 30.6 Å². The SMILES string of the molecule is O=C(Nc1cccc2nsnc12)c1cc(C2CC2)ncn1. The first kappa shape index (κ1) is 12.3. The average molecular weight is 297 g/mol. The van der Waals surface area contributed by atoms with Gasteiger partial charge in [-0.3, -0.25) is 4.79 Å². The van der Waals surface area contributed by atoms with Crippen molar-refractivity contribution in [3.8, 4) is 0 Å². The summed E-state index contributed by atoms with van der Waals surface area (Å²) >= 11 is 1.13. The first-order valence-electron chi connectivity index (χ1n) is 6.66. The predicted octanol–water partition coefficient (Wildman–Crippen LogP) is 2.61. The van der Waals surface area contributed by atoms with E-state index >= 15 is 0 Å². The molecule has 3 aromatic rings. The largest absolute Gasteiger partial charge is 0.319 e. The maximum absolute atomic E-state index is 12.3. The van der Waals surface area contributed by atoms with Crippen LogP contribution in [0.1, 0.15) is 34.9 Å². The molecule has 2 aromatic heterocycles. The molecule has 6 nitrogen and oxygen atoms in total. The molecule has 1 aliphatic rings. The molecule has 0 radical (unpaired) electrons. The molecule has 1 N–H and O–H groups in total. The lowest BCUT2D eigenvalue weighted by Gasteiger charge is -2.05. The van der Waals surface area contributed by atoms with Gasteiger partial charge in [0.25, 0.3) is 5.91 Å². The minimum atomic E-state index is -0.250. The fourth-order valence-corrected chi connectivity index (χ4v) is 2.74. The Labute approximate surface area is 124 Å². The van der Waals surface area contributed by atoms with Gasteiger partial charge in [0, 0.05) is 11.6 Å². The van der Waals surface area contributed by atoms with Gasteiger partial charge in [-0.15, -0.1) is 0 Å². The van der Waals surface area contributed by atoms with Crippen molar-refractivity contribution in [3.63, 3.8) is 0 Å². The Morgan fingerprint density at radius 2 is 2.14 bits per heavy atom. The fraction of sp³-hybridized carbons (Fsp3) is 0.214. The topological polar surface area (TPSA) is 80.7 Å². The molecular weight excluding hydrogens is 286 g/mol. The molecular formula is C14H11N5OS. The highest BCUT2D eigenvalue weighted by molar-refractivity contribution is 7.00. The highest BCUT2D eigenvalue weighted by Crippen LogP contribution is 2.38. The Kier molecular flexibility index (Phi) is 2.85. The molecule has 21 heavy (non-hydrogen) atoms. The molecule has 104 valence electrons. The van der Waals surface area contributed by atoms with Gasteiger partial charge in [0.2, 0.25) is 0 Å². The summed E-state index contributed by atoms with van der Waals surface area (Å²) in [7, 11) is 0. The second kappa shape index (κ2) is 4.85. The van der Waals surface area contributed by atoms with Crippen molar-refractivity contribution in [2.45, 2.75) is 18.8 Å². The molecule has 0 spiro atoms. The van der Waals surface area contributed by atoms with Crippen LogP contribution in [0.25, 0.3) is 11.0 Å². The minimum absolute atomic E-state index is 0.250. The van der Waals surface area contributed by atoms with Gasteiger partial charge in [0.05, 0.1) is 17.4 Å². The van der Waals surface area contributed by atoms with Gasteiger partial charge in [-0.1, -0.05) is 6.07 Å². The molecule has 1 aromatic carbocycles. The van der Waals surface area contributed by atoms with Crippen molar-refractivity contribution in [2.75, 3.05) is 5.32 Å². The van der Waals surface area contributed by atoms with Crippen molar-refractivity contribution in [2.24, 2.45) is 0 Å². The predicted molar refractivity (Wildman–Crippen MR) is 79.4 cm³/mol. The number of hydrogen-bond donors (Lipinski definition) is 1. The summed E-state index contributed by atoms with van der Waals surface area (Å²) in [4.78, 5) is 20.6. The molecule has 1 saturated carbocycles. The fourth-order valence-electron chi connectivity index (χ4n) is 2.19. The second-order valence-electron chi connectivity index (χ2n) is 4.99. The maximum Gasteiger partial charge on any atom is 0.274 e. The first-order valence-corrected chi connectivity index (χ1v) is 7.39. The first-order chi connectivity index (χ1) is 10.3. The summed E-state index contributed by atoms with van der Waals surface area (Å²) in [6.45, 7) is 0. The minimum Gasteiger partial charge on any atom is -0.319 e. The van der Waals surface area contributed by atoms with Crippen molar-refractivity contribution < 1.29 is 4.79 Å². The van der Waals surface area contributed by atoms with Crippen LogP contribution < -0.4 is 5.32 Å². The maximum atomic E-state index is 12.3. The number of benzene rings is 1. The number of nitrogens with zero attached hydrogens (tertiary/aromatic N) is 4. The molecule has 0 bridgehead atoms. The molecule has 0 unspecified atom stereocenters. The molecule has 0 saturated heterocycles. The van der Waals surface area contributed by atoms with Crippen LogP contribution in [0.3, 0.4) is 0 Å². The average Bonchev–Trinajstić information content (AvgIpc) is 3.25. The van der Waals surface area contributed by atoms with Crippen molar-refractivity contribution in [1.82, 2.24) is 18.7 Å². The number of aromatic nitrogens is 4. The summed E-state index contributed by atoms with van der Waals surface area (Å²) in [6.07, 6.45) is 3.73. The highest BCUT2D eigenvalue weighted by Gasteiger charge is 2.26. The van der Waals surface area contributed by atoms with E-state index in [1.54, 1.807) is 6.07 Å². The zero-order valence-electron chi connectivity index (χ0n) is 11.0. The van der Waals surface area contributed by atoms with Crippen molar-refractivity contribution >= 4 is 34.4 Å². The number of anilines is 1. The summed E-state index contributed by atoms with van der Waals surface area (Å²) < 4.78 is 8.36. The zero-order valence-corrected chi connectivity index (χ0v) is 11.8. The van der Waals surface area contributed by atoms with Crippen LogP contribution in [-0.4, -0.2) is 24.6 Å². The Hall–Kier alpha value is -2.41. The third-order valence-electron chi connectivity index (χ3n) is 3.45. The van der Waals surface area contributed by atoms with E-state index in [4.69, 9.17) is 0 Å². The molecule has 0 aliphatic heterocycles. The van der Waals surface area contributed by atoms with Gasteiger partial charge in [0.1, 0.15) is 23.1 Å². The Morgan fingerprint density at radius 3 is 3.00 bits per heavy atom. The quantitative estimate of drug-likeness (QED) is 0.803. The van der Waals surface area contributed by atoms with E-state index in [0.717, 1.165) is 35.8 Å². The standard InChI is InChI=1S/C14H11N5OS/c20-14(12-6-11(8-4-5-8)15-7-16-12)17-9-2-1-3-10-13(9)19-21-18-10/h1-3,6-8H,4-5H2,(H,17,20). The monoisotopic (exact) mass is 297 g/mol. The van der Waals surface area contributed by atoms with Gasteiger partial charge in [-0.2, -0.15) is 8.75 Å². The molecule has 0 atom stereocenters. The molecule has 7 heteroatoms. The molecule has 2 heterocycles. The lowest BCUT2D eigenvalue weighted by molar-refractivity contribution is 0.102. The van der Waals surface area contributed by atoms with Crippen LogP contribution in [0.2, 0.25) is 0 Å². The van der Waals surface area contributed by atoms with E-state index in [-0.39, 0.29) is 5.91 Å². The normalized spacial score (nSPS) is 14.3. The molecule has 1 aliphatic carbocycles. The van der Waals surface area contributed by atoms with Crippen LogP contribution in [0, 0.1) is 0 Å². The lowest BCUT2D eigenvalue weighted by atomic mass is 10.2. The Bertz CT molecular complexity index is 827. The van der Waals surface area contributed by atoms with E-state index in [0.29, 0.717) is 22.8 Å². The van der Waals surface area contributed by atoms with Crippen molar-refractivity contribution in [1.29, 1.82) is 0 Å². The van der Waals surface area contributed by atoms with E-state index in [1.165, 1.54) is 6.33 Å². The summed E-state index contributed by atoms with van der Waals surface area (Å²) in [6, 6.07) is 7.29. The number of hydrogen-bond acceptors (Lipinski definition) is 6. The van der Waals surface area contributed by atoms with Gasteiger partial charge in [-0.25, -0.2) is 9.97 Å². The highest BCUT2D eigenvalue weighted by atomic mass is 32.1. The Balaban J connectivity index is 1.63. The van der Waals surface area contributed by atoms with E-state index in [9.17, 15) is 4.79 Å². The van der Waals surface area contributed by atoms with Gasteiger partial charge < -0.3 is 5.32 Å². The van der Waals surface area contributed by atoms with Gasteiger partial charge >= 0.3 is 0 Å². The Morgan fingerprint density at radius 1 is 1.24 bits per heavy atom. The number of nitrogens with one attached hydrogen (secondary N) is 1. The number of fused-ring (bicyclic) bond motifs is 1. The van der Waals surface area contributed by atoms with E-state index in [1.807, 2.05) is 18.2 Å². The molecule has 1 amide bonds. The molecule has 4 rings (SSSR count). The third kappa shape index (κ3) is 2.36.